The van der Waals surface area contributed by atoms with Crippen molar-refractivity contribution in [1.82, 2.24) is 10.2 Å². The molecule has 1 aromatic heterocycles. The minimum Gasteiger partial charge on any atom is -0.365 e. The van der Waals surface area contributed by atoms with Crippen LogP contribution in [0.25, 0.3) is 10.9 Å². The van der Waals surface area contributed by atoms with E-state index in [1.54, 1.807) is 12.1 Å². The fraction of sp³-hybridized carbons (Fsp3) is 0.462. The van der Waals surface area contributed by atoms with Crippen molar-refractivity contribution in [3.05, 3.63) is 28.3 Å². The van der Waals surface area contributed by atoms with E-state index >= 15 is 0 Å². The van der Waals surface area contributed by atoms with E-state index < -0.39 is 0 Å². The van der Waals surface area contributed by atoms with E-state index in [2.05, 4.69) is 15.5 Å². The van der Waals surface area contributed by atoms with Crippen LogP contribution in [0.4, 0.5) is 11.5 Å². The number of rotatable bonds is 3. The van der Waals surface area contributed by atoms with Gasteiger partial charge in [0.05, 0.1) is 15.8 Å². The van der Waals surface area contributed by atoms with Crippen LogP contribution in [0.1, 0.15) is 32.1 Å². The largest absolute Gasteiger partial charge is 0.365 e. The zero-order valence-electron chi connectivity index (χ0n) is 10.6. The highest BCUT2D eigenvalue weighted by Gasteiger charge is 2.17. The standard InChI is InChI=1S/C13H16N4O2/c18-17(19)10-6-7-12-11(8-10)13(16-15-12)14-9-4-2-1-3-5-9/h6-9H,1-5H2,(H2,14,15,16). The average molecular weight is 260 g/mol. The van der Waals surface area contributed by atoms with Crippen molar-refractivity contribution in [2.45, 2.75) is 38.1 Å². The fourth-order valence-corrected chi connectivity index (χ4v) is 2.67. The first kappa shape index (κ1) is 12.0. The lowest BCUT2D eigenvalue weighted by atomic mass is 9.95. The number of hydrogen-bond acceptors (Lipinski definition) is 4. The van der Waals surface area contributed by atoms with Crippen molar-refractivity contribution in [3.8, 4) is 0 Å². The molecule has 0 spiro atoms. The molecule has 0 atom stereocenters. The molecular weight excluding hydrogens is 244 g/mol. The number of anilines is 1. The molecule has 0 aliphatic heterocycles. The van der Waals surface area contributed by atoms with Crippen LogP contribution >= 0.6 is 0 Å². The molecule has 0 radical (unpaired) electrons. The zero-order chi connectivity index (χ0) is 13.2. The van der Waals surface area contributed by atoms with Crippen molar-refractivity contribution < 1.29 is 4.92 Å². The van der Waals surface area contributed by atoms with Crippen molar-refractivity contribution in [2.24, 2.45) is 0 Å². The Kier molecular flexibility index (Phi) is 3.06. The Hall–Kier alpha value is -2.11. The maximum absolute atomic E-state index is 10.8. The number of nitrogens with one attached hydrogen (secondary N) is 2. The van der Waals surface area contributed by atoms with Crippen LogP contribution in [0.15, 0.2) is 18.2 Å². The predicted molar refractivity (Wildman–Crippen MR) is 73.2 cm³/mol. The molecule has 1 aliphatic rings. The molecule has 1 aromatic carbocycles. The van der Waals surface area contributed by atoms with E-state index in [9.17, 15) is 10.1 Å². The summed E-state index contributed by atoms with van der Waals surface area (Å²) < 4.78 is 0. The van der Waals surface area contributed by atoms with E-state index in [0.29, 0.717) is 6.04 Å². The van der Waals surface area contributed by atoms with Gasteiger partial charge in [-0.15, -0.1) is 0 Å². The summed E-state index contributed by atoms with van der Waals surface area (Å²) in [5.74, 6) is 0.727. The third kappa shape index (κ3) is 2.38. The lowest BCUT2D eigenvalue weighted by molar-refractivity contribution is -0.384. The number of non-ortho nitro benzene ring substituents is 1. The van der Waals surface area contributed by atoms with Gasteiger partial charge >= 0.3 is 0 Å². The minimum absolute atomic E-state index is 0.0978. The third-order valence-corrected chi connectivity index (χ3v) is 3.70. The molecule has 0 bridgehead atoms. The number of aromatic nitrogens is 2. The zero-order valence-corrected chi connectivity index (χ0v) is 10.6. The second-order valence-corrected chi connectivity index (χ2v) is 5.04. The first-order chi connectivity index (χ1) is 9.24. The van der Waals surface area contributed by atoms with Crippen LogP contribution in [-0.4, -0.2) is 21.2 Å². The highest BCUT2D eigenvalue weighted by molar-refractivity contribution is 5.91. The summed E-state index contributed by atoms with van der Waals surface area (Å²) >= 11 is 0. The molecule has 6 nitrogen and oxygen atoms in total. The van der Waals surface area contributed by atoms with Gasteiger partial charge in [-0.3, -0.25) is 15.2 Å². The van der Waals surface area contributed by atoms with E-state index in [1.807, 2.05) is 0 Å². The van der Waals surface area contributed by atoms with Gasteiger partial charge in [-0.1, -0.05) is 19.3 Å². The predicted octanol–water partition coefficient (Wildman–Crippen LogP) is 3.22. The molecule has 1 saturated carbocycles. The van der Waals surface area contributed by atoms with Crippen LogP contribution in [0.2, 0.25) is 0 Å². The Morgan fingerprint density at radius 3 is 2.84 bits per heavy atom. The van der Waals surface area contributed by atoms with Gasteiger partial charge in [-0.25, -0.2) is 0 Å². The van der Waals surface area contributed by atoms with Crippen LogP contribution in [-0.2, 0) is 0 Å². The number of fused-ring (bicyclic) bond motifs is 1. The molecule has 1 heterocycles. The normalized spacial score (nSPS) is 16.6. The lowest BCUT2D eigenvalue weighted by Crippen LogP contribution is -2.22. The van der Waals surface area contributed by atoms with Gasteiger partial charge in [0.2, 0.25) is 0 Å². The molecule has 3 rings (SSSR count). The van der Waals surface area contributed by atoms with Crippen LogP contribution in [0, 0.1) is 10.1 Å². The van der Waals surface area contributed by atoms with Crippen molar-refractivity contribution in [3.63, 3.8) is 0 Å². The smallest absolute Gasteiger partial charge is 0.270 e. The number of H-pyrrole nitrogens is 1. The topological polar surface area (TPSA) is 83.8 Å². The van der Waals surface area contributed by atoms with E-state index in [-0.39, 0.29) is 10.6 Å². The molecule has 0 saturated heterocycles. The molecular formula is C13H16N4O2. The van der Waals surface area contributed by atoms with E-state index in [1.165, 1.54) is 25.3 Å². The monoisotopic (exact) mass is 260 g/mol. The maximum Gasteiger partial charge on any atom is 0.270 e. The second-order valence-electron chi connectivity index (χ2n) is 5.04. The van der Waals surface area contributed by atoms with Gasteiger partial charge in [-0.05, 0) is 18.9 Å². The molecule has 0 unspecified atom stereocenters. The minimum atomic E-state index is -0.378. The number of hydrogen-bond donors (Lipinski definition) is 2. The molecule has 6 heteroatoms. The third-order valence-electron chi connectivity index (χ3n) is 3.70. The van der Waals surface area contributed by atoms with E-state index in [4.69, 9.17) is 0 Å². The van der Waals surface area contributed by atoms with Crippen LogP contribution in [0.5, 0.6) is 0 Å². The summed E-state index contributed by atoms with van der Waals surface area (Å²) in [6.45, 7) is 0. The Morgan fingerprint density at radius 2 is 2.11 bits per heavy atom. The highest BCUT2D eigenvalue weighted by Crippen LogP contribution is 2.28. The number of nitrogens with zero attached hydrogens (tertiary/aromatic N) is 2. The fourth-order valence-electron chi connectivity index (χ4n) is 2.67. The Labute approximate surface area is 110 Å². The molecule has 2 N–H and O–H groups in total. The molecule has 1 fully saturated rings. The first-order valence-corrected chi connectivity index (χ1v) is 6.63. The van der Waals surface area contributed by atoms with Gasteiger partial charge in [0.1, 0.15) is 0 Å². The summed E-state index contributed by atoms with van der Waals surface area (Å²) in [6.07, 6.45) is 6.05. The number of benzene rings is 1. The van der Waals surface area contributed by atoms with Crippen molar-refractivity contribution >= 4 is 22.4 Å². The summed E-state index contributed by atoms with van der Waals surface area (Å²) in [5, 5.41) is 22.2. The van der Waals surface area contributed by atoms with Gasteiger partial charge in [0.15, 0.2) is 5.82 Å². The highest BCUT2D eigenvalue weighted by atomic mass is 16.6. The van der Waals surface area contributed by atoms with Gasteiger partial charge in [0.25, 0.3) is 5.69 Å². The molecule has 1 aliphatic carbocycles. The maximum atomic E-state index is 10.8. The summed E-state index contributed by atoms with van der Waals surface area (Å²) in [6, 6.07) is 5.20. The Morgan fingerprint density at radius 1 is 1.32 bits per heavy atom. The molecule has 2 aromatic rings. The average Bonchev–Trinajstić information content (AvgIpc) is 2.82. The molecule has 19 heavy (non-hydrogen) atoms. The molecule has 100 valence electrons. The van der Waals surface area contributed by atoms with Gasteiger partial charge in [-0.2, -0.15) is 5.10 Å². The SMILES string of the molecule is O=[N+]([O-])c1ccc2[nH]nc(NC3CCCCC3)c2c1. The Balaban J connectivity index is 1.89. The van der Waals surface area contributed by atoms with Gasteiger partial charge < -0.3 is 5.32 Å². The summed E-state index contributed by atoms with van der Waals surface area (Å²) in [7, 11) is 0. The van der Waals surface area contributed by atoms with Crippen molar-refractivity contribution in [1.29, 1.82) is 0 Å². The quantitative estimate of drug-likeness (QED) is 0.655. The Bertz CT molecular complexity index is 602. The first-order valence-electron chi connectivity index (χ1n) is 6.63. The van der Waals surface area contributed by atoms with Gasteiger partial charge in [0, 0.05) is 18.2 Å². The number of aromatic amines is 1. The lowest BCUT2D eigenvalue weighted by Gasteiger charge is -2.22. The summed E-state index contributed by atoms with van der Waals surface area (Å²) in [5.41, 5.74) is 0.921. The molecule has 0 amide bonds. The second kappa shape index (κ2) is 4.87. The number of nitro benzene ring substituents is 1. The van der Waals surface area contributed by atoms with Crippen LogP contribution in [0.3, 0.4) is 0 Å². The van der Waals surface area contributed by atoms with Crippen LogP contribution < -0.4 is 5.32 Å². The van der Waals surface area contributed by atoms with E-state index in [0.717, 1.165) is 29.6 Å². The summed E-state index contributed by atoms with van der Waals surface area (Å²) in [4.78, 5) is 10.4. The number of nitro groups is 1. The van der Waals surface area contributed by atoms with Crippen molar-refractivity contribution in [2.75, 3.05) is 5.32 Å².